The van der Waals surface area contributed by atoms with Gasteiger partial charge in [-0.15, -0.1) is 0 Å². The molecule has 5 N–H and O–H groups in total. The highest BCUT2D eigenvalue weighted by Gasteiger charge is 2.20. The molecule has 1 heterocycles. The van der Waals surface area contributed by atoms with E-state index in [1.807, 2.05) is 0 Å². The van der Waals surface area contributed by atoms with Crippen LogP contribution in [-0.4, -0.2) is 36.1 Å². The minimum atomic E-state index is -1.20. The molecule has 0 spiro atoms. The molecule has 1 aliphatic heterocycles. The van der Waals surface area contributed by atoms with E-state index >= 15 is 0 Å². The van der Waals surface area contributed by atoms with Crippen LogP contribution in [0, 0.1) is 5.82 Å². The molecule has 1 aromatic rings. The summed E-state index contributed by atoms with van der Waals surface area (Å²) in [6.07, 6.45) is 1.58. The summed E-state index contributed by atoms with van der Waals surface area (Å²) >= 11 is 0. The van der Waals surface area contributed by atoms with E-state index in [2.05, 4.69) is 10.6 Å². The largest absolute Gasteiger partial charge is 0.480 e. The maximum absolute atomic E-state index is 13.5. The Morgan fingerprint density at radius 2 is 2.25 bits per heavy atom. The highest BCUT2D eigenvalue weighted by atomic mass is 19.1. The molecule has 0 aliphatic carbocycles. The van der Waals surface area contributed by atoms with Crippen molar-refractivity contribution in [1.82, 2.24) is 5.32 Å². The molecule has 2 rings (SSSR count). The van der Waals surface area contributed by atoms with Crippen LogP contribution in [0.1, 0.15) is 22.3 Å². The third kappa shape index (κ3) is 3.05. The van der Waals surface area contributed by atoms with Crippen LogP contribution in [0.2, 0.25) is 0 Å². The zero-order valence-electron chi connectivity index (χ0n) is 10.8. The molecule has 0 radical (unpaired) electrons. The summed E-state index contributed by atoms with van der Waals surface area (Å²) in [5.74, 6) is -2.23. The number of nitrogens with two attached hydrogens (primary N) is 1. The molecule has 7 heteroatoms. The average molecular weight is 281 g/mol. The third-order valence-electron chi connectivity index (χ3n) is 3.15. The second kappa shape index (κ2) is 5.87. The van der Waals surface area contributed by atoms with Crippen LogP contribution in [0.25, 0.3) is 0 Å². The number of fused-ring (bicyclic) bond motifs is 1. The van der Waals surface area contributed by atoms with Crippen molar-refractivity contribution in [3.8, 4) is 0 Å². The van der Waals surface area contributed by atoms with E-state index in [0.717, 1.165) is 18.1 Å². The number of nitrogens with one attached hydrogen (secondary N) is 2. The highest BCUT2D eigenvalue weighted by molar-refractivity contribution is 6.00. The molecular formula is C13H16FN3O3. The van der Waals surface area contributed by atoms with Gasteiger partial charge >= 0.3 is 5.97 Å². The topological polar surface area (TPSA) is 104 Å². The lowest BCUT2D eigenvalue weighted by atomic mass is 9.98. The normalized spacial score (nSPS) is 14.9. The molecule has 1 amide bonds. The molecule has 6 nitrogen and oxygen atoms in total. The van der Waals surface area contributed by atoms with Crippen LogP contribution in [-0.2, 0) is 11.2 Å². The van der Waals surface area contributed by atoms with E-state index in [9.17, 15) is 14.0 Å². The van der Waals surface area contributed by atoms with E-state index in [1.165, 1.54) is 6.07 Å². The number of carbonyl (C=O) groups excluding carboxylic acids is 1. The van der Waals surface area contributed by atoms with E-state index in [0.29, 0.717) is 18.7 Å². The number of benzene rings is 1. The van der Waals surface area contributed by atoms with Gasteiger partial charge in [-0.3, -0.25) is 9.59 Å². The van der Waals surface area contributed by atoms with Crippen molar-refractivity contribution in [3.05, 3.63) is 29.1 Å². The third-order valence-corrected chi connectivity index (χ3v) is 3.15. The lowest BCUT2D eigenvalue weighted by Gasteiger charge is -2.21. The second-order valence-corrected chi connectivity index (χ2v) is 4.67. The van der Waals surface area contributed by atoms with Gasteiger partial charge < -0.3 is 21.5 Å². The van der Waals surface area contributed by atoms with E-state index in [4.69, 9.17) is 10.8 Å². The molecule has 1 unspecified atom stereocenters. The molecular weight excluding hydrogens is 265 g/mol. The Bertz CT molecular complexity index is 548. The first kappa shape index (κ1) is 14.3. The first-order valence-electron chi connectivity index (χ1n) is 6.32. The fourth-order valence-electron chi connectivity index (χ4n) is 2.13. The van der Waals surface area contributed by atoms with Crippen molar-refractivity contribution in [1.29, 1.82) is 0 Å². The van der Waals surface area contributed by atoms with Gasteiger partial charge in [0.2, 0.25) is 0 Å². The number of carboxylic acids is 1. The molecule has 0 fully saturated rings. The number of amides is 1. The molecule has 1 aromatic carbocycles. The predicted molar refractivity (Wildman–Crippen MR) is 71.2 cm³/mol. The lowest BCUT2D eigenvalue weighted by molar-refractivity contribution is -0.138. The summed E-state index contributed by atoms with van der Waals surface area (Å²) in [5.41, 5.74) is 6.85. The monoisotopic (exact) mass is 281 g/mol. The number of anilines is 1. The fraction of sp³-hybridized carbons (Fsp3) is 0.385. The van der Waals surface area contributed by atoms with Crippen LogP contribution in [0.5, 0.6) is 0 Å². The maximum Gasteiger partial charge on any atom is 0.322 e. The number of hydrogen-bond donors (Lipinski definition) is 4. The van der Waals surface area contributed by atoms with Gasteiger partial charge in [-0.1, -0.05) is 0 Å². The van der Waals surface area contributed by atoms with E-state index in [-0.39, 0.29) is 12.1 Å². The van der Waals surface area contributed by atoms with Gasteiger partial charge in [-0.2, -0.15) is 0 Å². The highest BCUT2D eigenvalue weighted by Crippen LogP contribution is 2.27. The summed E-state index contributed by atoms with van der Waals surface area (Å²) in [4.78, 5) is 22.6. The number of rotatable bonds is 4. The Labute approximate surface area is 115 Å². The van der Waals surface area contributed by atoms with Crippen molar-refractivity contribution in [2.24, 2.45) is 5.73 Å². The molecule has 20 heavy (non-hydrogen) atoms. The van der Waals surface area contributed by atoms with Crippen molar-refractivity contribution in [2.75, 3.05) is 18.4 Å². The summed E-state index contributed by atoms with van der Waals surface area (Å²) < 4.78 is 13.5. The van der Waals surface area contributed by atoms with Gasteiger partial charge in [0.1, 0.15) is 11.9 Å². The number of aliphatic carboxylic acids is 1. The predicted octanol–water partition coefficient (Wildman–Crippen LogP) is 0.325. The second-order valence-electron chi connectivity index (χ2n) is 4.67. The first-order chi connectivity index (χ1) is 9.49. The van der Waals surface area contributed by atoms with Crippen molar-refractivity contribution < 1.29 is 19.1 Å². The molecule has 0 bridgehead atoms. The van der Waals surface area contributed by atoms with Gasteiger partial charge in [-0.05, 0) is 30.5 Å². The van der Waals surface area contributed by atoms with Crippen molar-refractivity contribution in [2.45, 2.75) is 18.9 Å². The summed E-state index contributed by atoms with van der Waals surface area (Å²) in [6.45, 7) is 0.507. The van der Waals surface area contributed by atoms with Gasteiger partial charge in [0.25, 0.3) is 5.91 Å². The van der Waals surface area contributed by atoms with Crippen LogP contribution >= 0.6 is 0 Å². The van der Waals surface area contributed by atoms with Crippen molar-refractivity contribution in [3.63, 3.8) is 0 Å². The molecule has 0 saturated heterocycles. The smallest absolute Gasteiger partial charge is 0.322 e. The Morgan fingerprint density at radius 1 is 1.50 bits per heavy atom. The van der Waals surface area contributed by atoms with Crippen LogP contribution in [0.3, 0.4) is 0 Å². The fourth-order valence-corrected chi connectivity index (χ4v) is 2.13. The van der Waals surface area contributed by atoms with Gasteiger partial charge in [0.15, 0.2) is 0 Å². The Hall–Kier alpha value is -2.15. The van der Waals surface area contributed by atoms with Crippen molar-refractivity contribution >= 4 is 17.6 Å². The molecule has 1 aliphatic rings. The van der Waals surface area contributed by atoms with Gasteiger partial charge in [0.05, 0.1) is 11.3 Å². The quantitative estimate of drug-likeness (QED) is 0.636. The number of aryl methyl sites for hydroxylation is 1. The SMILES string of the molecule is NC(CNC(=O)c1cc(F)cc2c1NCCC2)C(=O)O. The zero-order chi connectivity index (χ0) is 14.7. The minimum Gasteiger partial charge on any atom is -0.480 e. The average Bonchev–Trinajstić information content (AvgIpc) is 2.43. The summed E-state index contributed by atoms with van der Waals surface area (Å²) in [5, 5.41) is 14.1. The Morgan fingerprint density at radius 3 is 2.95 bits per heavy atom. The number of halogens is 1. The van der Waals surface area contributed by atoms with Gasteiger partial charge in [-0.25, -0.2) is 4.39 Å². The standard InChI is InChI=1S/C13H16FN3O3/c14-8-4-7-2-1-3-16-11(7)9(5-8)12(18)17-6-10(15)13(19)20/h4-5,10,16H,1-3,6,15H2,(H,17,18)(H,19,20). The number of carboxylic acid groups (broad SMARTS) is 1. The Kier molecular flexibility index (Phi) is 4.19. The molecule has 0 aromatic heterocycles. The minimum absolute atomic E-state index is 0.178. The van der Waals surface area contributed by atoms with Gasteiger partial charge in [0, 0.05) is 13.1 Å². The molecule has 1 atom stereocenters. The summed E-state index contributed by atoms with van der Waals surface area (Å²) in [7, 11) is 0. The molecule has 108 valence electrons. The van der Waals surface area contributed by atoms with E-state index in [1.54, 1.807) is 0 Å². The molecule has 0 saturated carbocycles. The van der Waals surface area contributed by atoms with Crippen LogP contribution in [0.15, 0.2) is 12.1 Å². The van der Waals surface area contributed by atoms with Crippen LogP contribution < -0.4 is 16.4 Å². The van der Waals surface area contributed by atoms with E-state index < -0.39 is 23.7 Å². The summed E-state index contributed by atoms with van der Waals surface area (Å²) in [6, 6.07) is 1.36. The lowest BCUT2D eigenvalue weighted by Crippen LogP contribution is -2.42. The first-order valence-corrected chi connectivity index (χ1v) is 6.32. The Balaban J connectivity index is 2.17. The number of hydrogen-bond acceptors (Lipinski definition) is 4. The zero-order valence-corrected chi connectivity index (χ0v) is 10.8. The van der Waals surface area contributed by atoms with Crippen LogP contribution in [0.4, 0.5) is 10.1 Å². The number of carbonyl (C=O) groups is 2. The maximum atomic E-state index is 13.5.